The molecule has 4 rings (SSSR count). The Morgan fingerprint density at radius 1 is 0.933 bits per heavy atom. The average Bonchev–Trinajstić information content (AvgIpc) is 2.75. The van der Waals surface area contributed by atoms with Crippen LogP contribution in [0.4, 0.5) is 5.69 Å². The molecule has 3 N–H and O–H groups in total. The number of carbonyl (C=O) groups is 1. The molecular weight excluding hydrogens is 378 g/mol. The minimum absolute atomic E-state index is 0.0504. The fourth-order valence-corrected chi connectivity index (χ4v) is 4.17. The molecule has 6 heteroatoms. The molecule has 2 aliphatic heterocycles. The summed E-state index contributed by atoms with van der Waals surface area (Å²) in [6.45, 7) is 11.4. The van der Waals surface area contributed by atoms with Gasteiger partial charge in [-0.05, 0) is 23.6 Å². The van der Waals surface area contributed by atoms with Gasteiger partial charge in [-0.3, -0.25) is 4.79 Å². The standard InChI is InChI=1S/C24H31N3O3/c1-18(2)20-5-3-19(4-6-20)16-26-9-11-27(12-10-26)17-24(28)25-21-7-8-22-23(15-21)30-14-13-29-22/h3-8,15,18H,9-14,16-17H2,1-2H3,(H,25,28)/p+2. The molecule has 160 valence electrons. The lowest BCUT2D eigenvalue weighted by Crippen LogP contribution is -3.28. The summed E-state index contributed by atoms with van der Waals surface area (Å²) in [5.41, 5.74) is 3.55. The van der Waals surface area contributed by atoms with Crippen molar-refractivity contribution in [1.82, 2.24) is 0 Å². The second-order valence-electron chi connectivity index (χ2n) is 8.66. The van der Waals surface area contributed by atoms with Crippen LogP contribution in [-0.2, 0) is 11.3 Å². The fraction of sp³-hybridized carbons (Fsp3) is 0.458. The monoisotopic (exact) mass is 411 g/mol. The van der Waals surface area contributed by atoms with Crippen LogP contribution in [0.15, 0.2) is 42.5 Å². The number of hydrogen-bond acceptors (Lipinski definition) is 3. The summed E-state index contributed by atoms with van der Waals surface area (Å²) in [4.78, 5) is 15.4. The van der Waals surface area contributed by atoms with E-state index >= 15 is 0 Å². The van der Waals surface area contributed by atoms with E-state index in [9.17, 15) is 4.79 Å². The first kappa shape index (κ1) is 20.7. The summed E-state index contributed by atoms with van der Waals surface area (Å²) < 4.78 is 11.1. The van der Waals surface area contributed by atoms with E-state index in [1.165, 1.54) is 16.0 Å². The van der Waals surface area contributed by atoms with Gasteiger partial charge in [0.15, 0.2) is 18.0 Å². The van der Waals surface area contributed by atoms with Gasteiger partial charge >= 0.3 is 0 Å². The summed E-state index contributed by atoms with van der Waals surface area (Å²) in [5, 5.41) is 3.00. The van der Waals surface area contributed by atoms with Crippen LogP contribution in [0.2, 0.25) is 0 Å². The minimum atomic E-state index is 0.0504. The van der Waals surface area contributed by atoms with Gasteiger partial charge in [-0.1, -0.05) is 38.1 Å². The molecule has 6 nitrogen and oxygen atoms in total. The van der Waals surface area contributed by atoms with Gasteiger partial charge < -0.3 is 24.6 Å². The van der Waals surface area contributed by atoms with Crippen molar-refractivity contribution in [2.75, 3.05) is 51.3 Å². The van der Waals surface area contributed by atoms with Gasteiger partial charge in [0, 0.05) is 17.3 Å². The van der Waals surface area contributed by atoms with Crippen molar-refractivity contribution in [2.24, 2.45) is 0 Å². The Balaban J connectivity index is 1.22. The first-order valence-corrected chi connectivity index (χ1v) is 11.0. The van der Waals surface area contributed by atoms with E-state index in [0.717, 1.165) is 44.2 Å². The maximum Gasteiger partial charge on any atom is 0.279 e. The maximum absolute atomic E-state index is 12.5. The first-order valence-electron chi connectivity index (χ1n) is 11.0. The quantitative estimate of drug-likeness (QED) is 0.649. The third-order valence-corrected chi connectivity index (χ3v) is 6.00. The normalized spacial score (nSPS) is 20.8. The topological polar surface area (TPSA) is 56.4 Å². The van der Waals surface area contributed by atoms with Gasteiger partial charge in [0.05, 0.1) is 0 Å². The molecule has 1 amide bonds. The van der Waals surface area contributed by atoms with Gasteiger partial charge in [0.25, 0.3) is 5.91 Å². The molecule has 1 fully saturated rings. The Kier molecular flexibility index (Phi) is 6.55. The molecule has 1 saturated heterocycles. The highest BCUT2D eigenvalue weighted by atomic mass is 16.6. The Hall–Kier alpha value is -2.57. The van der Waals surface area contributed by atoms with Gasteiger partial charge in [0.1, 0.15) is 45.9 Å². The second kappa shape index (κ2) is 9.49. The second-order valence-corrected chi connectivity index (χ2v) is 8.66. The molecule has 0 bridgehead atoms. The van der Waals surface area contributed by atoms with E-state index < -0.39 is 0 Å². The zero-order chi connectivity index (χ0) is 20.9. The third-order valence-electron chi connectivity index (χ3n) is 6.00. The lowest BCUT2D eigenvalue weighted by Gasteiger charge is -2.29. The number of quaternary nitrogens is 2. The van der Waals surface area contributed by atoms with Crippen molar-refractivity contribution in [1.29, 1.82) is 0 Å². The van der Waals surface area contributed by atoms with Crippen molar-refractivity contribution >= 4 is 11.6 Å². The molecular formula is C24H33N3O3+2. The van der Waals surface area contributed by atoms with E-state index in [1.54, 1.807) is 4.90 Å². The molecule has 2 heterocycles. The zero-order valence-electron chi connectivity index (χ0n) is 18.0. The van der Waals surface area contributed by atoms with Crippen LogP contribution >= 0.6 is 0 Å². The molecule has 0 radical (unpaired) electrons. The maximum atomic E-state index is 12.5. The number of piperazine rings is 1. The van der Waals surface area contributed by atoms with Crippen molar-refractivity contribution in [3.8, 4) is 11.5 Å². The van der Waals surface area contributed by atoms with Crippen LogP contribution in [-0.4, -0.2) is 51.8 Å². The predicted molar refractivity (Wildman–Crippen MR) is 117 cm³/mol. The van der Waals surface area contributed by atoms with Gasteiger partial charge in [-0.25, -0.2) is 0 Å². The molecule has 0 unspecified atom stereocenters. The highest BCUT2D eigenvalue weighted by Gasteiger charge is 2.25. The number of nitrogens with one attached hydrogen (secondary N) is 3. The fourth-order valence-electron chi connectivity index (χ4n) is 4.17. The Morgan fingerprint density at radius 2 is 1.60 bits per heavy atom. The zero-order valence-corrected chi connectivity index (χ0v) is 18.0. The van der Waals surface area contributed by atoms with Crippen LogP contribution in [0.5, 0.6) is 11.5 Å². The highest BCUT2D eigenvalue weighted by molar-refractivity contribution is 5.91. The van der Waals surface area contributed by atoms with E-state index in [2.05, 4.69) is 43.4 Å². The molecule has 0 aromatic heterocycles. The van der Waals surface area contributed by atoms with Gasteiger partial charge in [-0.2, -0.15) is 0 Å². The molecule has 0 aliphatic carbocycles. The smallest absolute Gasteiger partial charge is 0.279 e. The number of amides is 1. The number of benzene rings is 2. The summed E-state index contributed by atoms with van der Waals surface area (Å²) >= 11 is 0. The molecule has 2 aromatic rings. The van der Waals surface area contributed by atoms with E-state index in [-0.39, 0.29) is 5.91 Å². The molecule has 2 aliphatic rings. The minimum Gasteiger partial charge on any atom is -0.486 e. The first-order chi connectivity index (χ1) is 14.6. The molecule has 2 aromatic carbocycles. The summed E-state index contributed by atoms with van der Waals surface area (Å²) in [7, 11) is 0. The van der Waals surface area contributed by atoms with Crippen molar-refractivity contribution in [3.05, 3.63) is 53.6 Å². The van der Waals surface area contributed by atoms with E-state index in [0.29, 0.717) is 31.4 Å². The molecule has 30 heavy (non-hydrogen) atoms. The molecule has 0 atom stereocenters. The van der Waals surface area contributed by atoms with Gasteiger partial charge in [-0.15, -0.1) is 0 Å². The number of hydrogen-bond donors (Lipinski definition) is 3. The largest absolute Gasteiger partial charge is 0.486 e. The third kappa shape index (κ3) is 5.32. The predicted octanol–water partition coefficient (Wildman–Crippen LogP) is 0.503. The Morgan fingerprint density at radius 3 is 2.30 bits per heavy atom. The summed E-state index contributed by atoms with van der Waals surface area (Å²) in [6.07, 6.45) is 0. The molecule has 0 spiro atoms. The van der Waals surface area contributed by atoms with Crippen LogP contribution < -0.4 is 24.6 Å². The number of anilines is 1. The number of carbonyl (C=O) groups excluding carboxylic acids is 1. The van der Waals surface area contributed by atoms with Crippen molar-refractivity contribution in [2.45, 2.75) is 26.3 Å². The molecule has 0 saturated carbocycles. The highest BCUT2D eigenvalue weighted by Crippen LogP contribution is 2.32. The van der Waals surface area contributed by atoms with E-state index in [4.69, 9.17) is 9.47 Å². The SMILES string of the molecule is CC(C)c1ccc(C[NH+]2CC[NH+](CC(=O)Nc3ccc4c(c3)OCCO4)CC2)cc1. The average molecular weight is 412 g/mol. The van der Waals surface area contributed by atoms with Crippen LogP contribution in [0.3, 0.4) is 0 Å². The van der Waals surface area contributed by atoms with Crippen LogP contribution in [0.25, 0.3) is 0 Å². The number of ether oxygens (including phenoxy) is 2. The van der Waals surface area contributed by atoms with Gasteiger partial charge in [0.2, 0.25) is 0 Å². The Bertz CT molecular complexity index is 858. The number of rotatable bonds is 6. The van der Waals surface area contributed by atoms with Crippen molar-refractivity contribution < 1.29 is 24.1 Å². The van der Waals surface area contributed by atoms with Crippen molar-refractivity contribution in [3.63, 3.8) is 0 Å². The lowest BCUT2D eigenvalue weighted by atomic mass is 10.0. The van der Waals surface area contributed by atoms with Crippen LogP contribution in [0, 0.1) is 0 Å². The Labute approximate surface area is 178 Å². The summed E-state index contributed by atoms with van der Waals surface area (Å²) in [6, 6.07) is 14.6. The summed E-state index contributed by atoms with van der Waals surface area (Å²) in [5.74, 6) is 2.06. The van der Waals surface area contributed by atoms with E-state index in [1.807, 2.05) is 18.2 Å². The lowest BCUT2D eigenvalue weighted by molar-refractivity contribution is -1.02. The number of fused-ring (bicyclic) bond motifs is 1. The van der Waals surface area contributed by atoms with Crippen LogP contribution in [0.1, 0.15) is 30.9 Å².